The standard InChI is InChI=1S/C13H15NO2/c1-8(7-14)10-5-11-4-9(2)16-13(11)12(6-10)15-3/h5-6,8-9H,4H2,1-3H3. The number of fused-ring (bicyclic) bond motifs is 1. The molecule has 2 atom stereocenters. The van der Waals surface area contributed by atoms with Crippen molar-refractivity contribution in [2.24, 2.45) is 0 Å². The molecule has 3 nitrogen and oxygen atoms in total. The van der Waals surface area contributed by atoms with E-state index in [0.717, 1.165) is 29.0 Å². The number of hydrogen-bond acceptors (Lipinski definition) is 3. The fraction of sp³-hybridized carbons (Fsp3) is 0.462. The average Bonchev–Trinajstić information content (AvgIpc) is 2.66. The van der Waals surface area contributed by atoms with Crippen LogP contribution in [0.15, 0.2) is 12.1 Å². The molecule has 84 valence electrons. The van der Waals surface area contributed by atoms with Crippen molar-refractivity contribution in [2.75, 3.05) is 7.11 Å². The molecule has 1 aromatic rings. The molecule has 0 saturated carbocycles. The van der Waals surface area contributed by atoms with Gasteiger partial charge in [-0.25, -0.2) is 0 Å². The maximum atomic E-state index is 8.93. The zero-order valence-electron chi connectivity index (χ0n) is 9.78. The summed E-state index contributed by atoms with van der Waals surface area (Å²) in [6.45, 7) is 3.92. The zero-order valence-corrected chi connectivity index (χ0v) is 9.78. The van der Waals surface area contributed by atoms with Gasteiger partial charge in [-0.05, 0) is 25.5 Å². The van der Waals surface area contributed by atoms with Crippen LogP contribution in [0.4, 0.5) is 0 Å². The molecule has 0 aliphatic carbocycles. The Morgan fingerprint density at radius 1 is 1.56 bits per heavy atom. The average molecular weight is 217 g/mol. The number of nitrogens with zero attached hydrogens (tertiary/aromatic N) is 1. The van der Waals surface area contributed by atoms with Crippen molar-refractivity contribution in [3.63, 3.8) is 0 Å². The maximum absolute atomic E-state index is 8.93. The van der Waals surface area contributed by atoms with E-state index in [0.29, 0.717) is 0 Å². The van der Waals surface area contributed by atoms with E-state index < -0.39 is 0 Å². The molecule has 1 aliphatic rings. The largest absolute Gasteiger partial charge is 0.493 e. The second-order valence-corrected chi connectivity index (χ2v) is 4.19. The van der Waals surface area contributed by atoms with Gasteiger partial charge in [0.15, 0.2) is 11.5 Å². The second kappa shape index (κ2) is 4.05. The molecule has 1 aliphatic heterocycles. The molecule has 2 unspecified atom stereocenters. The predicted molar refractivity (Wildman–Crippen MR) is 60.8 cm³/mol. The highest BCUT2D eigenvalue weighted by molar-refractivity contribution is 5.53. The fourth-order valence-electron chi connectivity index (χ4n) is 2.00. The van der Waals surface area contributed by atoms with E-state index in [1.807, 2.05) is 19.9 Å². The second-order valence-electron chi connectivity index (χ2n) is 4.19. The van der Waals surface area contributed by atoms with E-state index in [9.17, 15) is 0 Å². The van der Waals surface area contributed by atoms with E-state index >= 15 is 0 Å². The van der Waals surface area contributed by atoms with E-state index in [-0.39, 0.29) is 12.0 Å². The summed E-state index contributed by atoms with van der Waals surface area (Å²) in [7, 11) is 1.63. The van der Waals surface area contributed by atoms with Gasteiger partial charge in [0.1, 0.15) is 6.10 Å². The number of ether oxygens (including phenoxy) is 2. The molecule has 0 saturated heterocycles. The summed E-state index contributed by atoms with van der Waals surface area (Å²) in [6.07, 6.45) is 1.08. The molecular formula is C13H15NO2. The van der Waals surface area contributed by atoms with Crippen LogP contribution in [0, 0.1) is 11.3 Å². The van der Waals surface area contributed by atoms with Crippen molar-refractivity contribution in [1.82, 2.24) is 0 Å². The lowest BCUT2D eigenvalue weighted by molar-refractivity contribution is 0.243. The minimum absolute atomic E-state index is 0.116. The zero-order chi connectivity index (χ0) is 11.7. The smallest absolute Gasteiger partial charge is 0.164 e. The molecule has 1 heterocycles. The van der Waals surface area contributed by atoms with E-state index in [4.69, 9.17) is 14.7 Å². The molecule has 2 rings (SSSR count). The van der Waals surface area contributed by atoms with Gasteiger partial charge in [0.25, 0.3) is 0 Å². The highest BCUT2D eigenvalue weighted by atomic mass is 16.5. The van der Waals surface area contributed by atoms with Gasteiger partial charge in [-0.2, -0.15) is 5.26 Å². The SMILES string of the molecule is COc1cc(C(C)C#N)cc2c1OC(C)C2. The Morgan fingerprint density at radius 2 is 2.31 bits per heavy atom. The Balaban J connectivity index is 2.48. The van der Waals surface area contributed by atoms with Gasteiger partial charge in [0.05, 0.1) is 19.1 Å². The first-order valence-corrected chi connectivity index (χ1v) is 5.42. The lowest BCUT2D eigenvalue weighted by Crippen LogP contribution is -2.05. The minimum Gasteiger partial charge on any atom is -0.493 e. The highest BCUT2D eigenvalue weighted by Gasteiger charge is 2.24. The van der Waals surface area contributed by atoms with Crippen molar-refractivity contribution in [3.8, 4) is 17.6 Å². The maximum Gasteiger partial charge on any atom is 0.164 e. The van der Waals surface area contributed by atoms with Crippen LogP contribution in [0.25, 0.3) is 0 Å². The van der Waals surface area contributed by atoms with Gasteiger partial charge in [-0.15, -0.1) is 0 Å². The van der Waals surface area contributed by atoms with Crippen LogP contribution in [0.3, 0.4) is 0 Å². The Morgan fingerprint density at radius 3 is 2.94 bits per heavy atom. The molecule has 0 aromatic heterocycles. The summed E-state index contributed by atoms with van der Waals surface area (Å²) in [5.41, 5.74) is 2.14. The van der Waals surface area contributed by atoms with E-state index in [1.54, 1.807) is 7.11 Å². The van der Waals surface area contributed by atoms with Crippen molar-refractivity contribution in [1.29, 1.82) is 5.26 Å². The molecule has 0 radical (unpaired) electrons. The lowest BCUT2D eigenvalue weighted by atomic mass is 9.98. The first-order chi connectivity index (χ1) is 7.65. The topological polar surface area (TPSA) is 42.2 Å². The van der Waals surface area contributed by atoms with Crippen LogP contribution in [0.1, 0.15) is 30.9 Å². The van der Waals surface area contributed by atoms with E-state index in [2.05, 4.69) is 12.1 Å². The third-order valence-electron chi connectivity index (χ3n) is 2.89. The van der Waals surface area contributed by atoms with Crippen LogP contribution < -0.4 is 9.47 Å². The van der Waals surface area contributed by atoms with Crippen molar-refractivity contribution in [2.45, 2.75) is 32.3 Å². The Hall–Kier alpha value is -1.69. The molecule has 0 fully saturated rings. The van der Waals surface area contributed by atoms with Crippen molar-refractivity contribution < 1.29 is 9.47 Å². The van der Waals surface area contributed by atoms with Crippen molar-refractivity contribution >= 4 is 0 Å². The van der Waals surface area contributed by atoms with Crippen LogP contribution in [0.2, 0.25) is 0 Å². The van der Waals surface area contributed by atoms with Gasteiger partial charge in [0.2, 0.25) is 0 Å². The Labute approximate surface area is 95.6 Å². The number of rotatable bonds is 2. The van der Waals surface area contributed by atoms with Crippen LogP contribution in [0.5, 0.6) is 11.5 Å². The van der Waals surface area contributed by atoms with Gasteiger partial charge in [0, 0.05) is 12.0 Å². The summed E-state index contributed by atoms with van der Waals surface area (Å²) < 4.78 is 11.0. The summed E-state index contributed by atoms with van der Waals surface area (Å²) >= 11 is 0. The van der Waals surface area contributed by atoms with Crippen LogP contribution in [-0.2, 0) is 6.42 Å². The quantitative estimate of drug-likeness (QED) is 0.764. The molecule has 0 amide bonds. The van der Waals surface area contributed by atoms with Crippen LogP contribution in [-0.4, -0.2) is 13.2 Å². The Bertz CT molecular complexity index is 448. The molecule has 1 aromatic carbocycles. The van der Waals surface area contributed by atoms with Gasteiger partial charge in [-0.1, -0.05) is 6.07 Å². The molecule has 0 N–H and O–H groups in total. The number of benzene rings is 1. The summed E-state index contributed by atoms with van der Waals surface area (Å²) in [5.74, 6) is 1.46. The minimum atomic E-state index is -0.116. The van der Waals surface area contributed by atoms with Gasteiger partial charge < -0.3 is 9.47 Å². The third-order valence-corrected chi connectivity index (χ3v) is 2.89. The summed E-state index contributed by atoms with van der Waals surface area (Å²) in [4.78, 5) is 0. The molecule has 0 spiro atoms. The third kappa shape index (κ3) is 1.71. The van der Waals surface area contributed by atoms with Gasteiger partial charge in [-0.3, -0.25) is 0 Å². The fourth-order valence-corrected chi connectivity index (χ4v) is 2.00. The van der Waals surface area contributed by atoms with Gasteiger partial charge >= 0.3 is 0 Å². The summed E-state index contributed by atoms with van der Waals surface area (Å²) in [6, 6.07) is 6.18. The Kier molecular flexibility index (Phi) is 2.74. The monoisotopic (exact) mass is 217 g/mol. The van der Waals surface area contributed by atoms with Crippen LogP contribution >= 0.6 is 0 Å². The lowest BCUT2D eigenvalue weighted by Gasteiger charge is -2.11. The number of methoxy groups -OCH3 is 1. The normalized spacial score (nSPS) is 19.5. The molecular weight excluding hydrogens is 202 g/mol. The summed E-state index contributed by atoms with van der Waals surface area (Å²) in [5, 5.41) is 8.93. The molecule has 16 heavy (non-hydrogen) atoms. The molecule has 3 heteroatoms. The first-order valence-electron chi connectivity index (χ1n) is 5.42. The first kappa shape index (κ1) is 10.8. The predicted octanol–water partition coefficient (Wildman–Crippen LogP) is 2.65. The highest BCUT2D eigenvalue weighted by Crippen LogP contribution is 2.40. The number of hydrogen-bond donors (Lipinski definition) is 0. The molecule has 0 bridgehead atoms. The van der Waals surface area contributed by atoms with Crippen molar-refractivity contribution in [3.05, 3.63) is 23.3 Å². The van der Waals surface area contributed by atoms with E-state index in [1.165, 1.54) is 0 Å². The number of nitriles is 1.